The molecule has 21 heavy (non-hydrogen) atoms. The fourth-order valence-corrected chi connectivity index (χ4v) is 2.42. The zero-order chi connectivity index (χ0) is 15.0. The fraction of sp³-hybridized carbons (Fsp3) is 0. The molecule has 0 saturated carbocycles. The van der Waals surface area contributed by atoms with E-state index >= 15 is 0 Å². The van der Waals surface area contributed by atoms with Crippen molar-refractivity contribution in [2.45, 2.75) is 0 Å². The van der Waals surface area contributed by atoms with Crippen LogP contribution in [0.15, 0.2) is 54.3 Å². The number of amides is 2. The normalized spacial score (nSPS) is 15.3. The van der Waals surface area contributed by atoms with E-state index in [4.69, 9.17) is 5.73 Å². The standard InChI is InChI=1S/C16H12N2O3/c17-15(20)14(19)13-9-5-1-2-6-10(9)16(21)18-12-8-4-3-7-11(12)13/h1-8,19H,(H2,17,20)(H,18,21)/b14-13-. The molecule has 0 radical (unpaired) electrons. The highest BCUT2D eigenvalue weighted by molar-refractivity contribution is 6.15. The van der Waals surface area contributed by atoms with Gasteiger partial charge in [0.25, 0.3) is 11.8 Å². The molecule has 0 saturated heterocycles. The molecule has 0 spiro atoms. The van der Waals surface area contributed by atoms with Crippen molar-refractivity contribution in [3.05, 3.63) is 71.0 Å². The van der Waals surface area contributed by atoms with Crippen molar-refractivity contribution in [1.82, 2.24) is 0 Å². The number of carbonyl (C=O) groups excluding carboxylic acids is 2. The largest absolute Gasteiger partial charge is 0.503 e. The summed E-state index contributed by atoms with van der Waals surface area (Å²) in [7, 11) is 0. The molecule has 0 bridgehead atoms. The summed E-state index contributed by atoms with van der Waals surface area (Å²) in [6.07, 6.45) is 0. The van der Waals surface area contributed by atoms with Crippen molar-refractivity contribution in [3.8, 4) is 0 Å². The van der Waals surface area contributed by atoms with Crippen molar-refractivity contribution in [2.75, 3.05) is 5.32 Å². The van der Waals surface area contributed by atoms with E-state index in [-0.39, 0.29) is 11.5 Å². The minimum atomic E-state index is -0.941. The first kappa shape index (κ1) is 12.9. The lowest BCUT2D eigenvalue weighted by Gasteiger charge is -2.11. The second-order valence-corrected chi connectivity index (χ2v) is 4.63. The highest BCUT2D eigenvalue weighted by atomic mass is 16.3. The Bertz CT molecular complexity index is 794. The van der Waals surface area contributed by atoms with Gasteiger partial charge in [-0.2, -0.15) is 0 Å². The van der Waals surface area contributed by atoms with Gasteiger partial charge in [0.05, 0.1) is 0 Å². The number of anilines is 1. The Hall–Kier alpha value is -3.08. The van der Waals surface area contributed by atoms with Gasteiger partial charge in [0.1, 0.15) is 0 Å². The molecule has 3 rings (SSSR count). The fourth-order valence-electron chi connectivity index (χ4n) is 2.42. The van der Waals surface area contributed by atoms with Crippen molar-refractivity contribution >= 4 is 23.1 Å². The number of para-hydroxylation sites is 1. The molecule has 1 heterocycles. The van der Waals surface area contributed by atoms with E-state index in [1.54, 1.807) is 48.5 Å². The molecule has 1 aliphatic heterocycles. The molecule has 0 aliphatic carbocycles. The van der Waals surface area contributed by atoms with Crippen LogP contribution in [0.1, 0.15) is 21.5 Å². The van der Waals surface area contributed by atoms with Crippen LogP contribution in [0.3, 0.4) is 0 Å². The Balaban J connectivity index is 2.43. The molecule has 104 valence electrons. The van der Waals surface area contributed by atoms with E-state index in [0.717, 1.165) is 0 Å². The molecule has 2 aromatic carbocycles. The van der Waals surface area contributed by atoms with Gasteiger partial charge in [-0.1, -0.05) is 36.4 Å². The Labute approximate surface area is 120 Å². The highest BCUT2D eigenvalue weighted by Crippen LogP contribution is 2.36. The number of fused-ring (bicyclic) bond motifs is 2. The van der Waals surface area contributed by atoms with Gasteiger partial charge in [-0.15, -0.1) is 0 Å². The van der Waals surface area contributed by atoms with E-state index in [9.17, 15) is 14.7 Å². The van der Waals surface area contributed by atoms with Crippen LogP contribution >= 0.6 is 0 Å². The van der Waals surface area contributed by atoms with Gasteiger partial charge < -0.3 is 16.2 Å². The van der Waals surface area contributed by atoms with Crippen LogP contribution in [0, 0.1) is 0 Å². The number of nitrogens with one attached hydrogen (secondary N) is 1. The van der Waals surface area contributed by atoms with Crippen LogP contribution in [0.25, 0.3) is 5.57 Å². The van der Waals surface area contributed by atoms with Crippen molar-refractivity contribution in [3.63, 3.8) is 0 Å². The van der Waals surface area contributed by atoms with Crippen LogP contribution < -0.4 is 11.1 Å². The van der Waals surface area contributed by atoms with Crippen LogP contribution in [0.4, 0.5) is 5.69 Å². The number of aliphatic hydroxyl groups excluding tert-OH is 1. The lowest BCUT2D eigenvalue weighted by atomic mass is 9.93. The smallest absolute Gasteiger partial charge is 0.284 e. The Morgan fingerprint density at radius 2 is 1.52 bits per heavy atom. The molecule has 4 N–H and O–H groups in total. The number of nitrogens with two attached hydrogens (primary N) is 1. The van der Waals surface area contributed by atoms with Crippen LogP contribution in [-0.4, -0.2) is 16.9 Å². The average Bonchev–Trinajstić information content (AvgIpc) is 2.61. The summed E-state index contributed by atoms with van der Waals surface area (Å²) in [5, 5.41) is 12.9. The van der Waals surface area contributed by atoms with Gasteiger partial charge in [0, 0.05) is 22.4 Å². The summed E-state index contributed by atoms with van der Waals surface area (Å²) >= 11 is 0. The van der Waals surface area contributed by atoms with Gasteiger partial charge in [0.15, 0.2) is 5.76 Å². The van der Waals surface area contributed by atoms with Gasteiger partial charge >= 0.3 is 0 Å². The van der Waals surface area contributed by atoms with Crippen molar-refractivity contribution < 1.29 is 14.7 Å². The first-order valence-electron chi connectivity index (χ1n) is 6.33. The van der Waals surface area contributed by atoms with E-state index < -0.39 is 11.7 Å². The predicted molar refractivity (Wildman–Crippen MR) is 78.7 cm³/mol. The molecule has 5 nitrogen and oxygen atoms in total. The summed E-state index contributed by atoms with van der Waals surface area (Å²) in [6.45, 7) is 0. The van der Waals surface area contributed by atoms with E-state index in [1.165, 1.54) is 0 Å². The number of hydrogen-bond donors (Lipinski definition) is 3. The van der Waals surface area contributed by atoms with Crippen molar-refractivity contribution in [1.29, 1.82) is 0 Å². The summed E-state index contributed by atoms with van der Waals surface area (Å²) in [6, 6.07) is 13.7. The lowest BCUT2D eigenvalue weighted by Crippen LogP contribution is -2.16. The molecule has 1 aliphatic rings. The maximum absolute atomic E-state index is 12.3. The molecular formula is C16H12N2O3. The molecule has 0 atom stereocenters. The number of primary amides is 1. The van der Waals surface area contributed by atoms with Gasteiger partial charge in [0.2, 0.25) is 0 Å². The van der Waals surface area contributed by atoms with Crippen molar-refractivity contribution in [2.24, 2.45) is 5.73 Å². The zero-order valence-electron chi connectivity index (χ0n) is 11.0. The SMILES string of the molecule is NC(=O)/C(O)=C1/c2ccccc2NC(=O)c2ccccc21. The lowest BCUT2D eigenvalue weighted by molar-refractivity contribution is -0.116. The van der Waals surface area contributed by atoms with Gasteiger partial charge in [-0.05, 0) is 17.7 Å². The molecular weight excluding hydrogens is 268 g/mol. The van der Waals surface area contributed by atoms with Crippen LogP contribution in [0.5, 0.6) is 0 Å². The molecule has 2 amide bonds. The van der Waals surface area contributed by atoms with E-state index in [0.29, 0.717) is 22.4 Å². The molecule has 2 aromatic rings. The van der Waals surface area contributed by atoms with E-state index in [1.807, 2.05) is 0 Å². The average molecular weight is 280 g/mol. The summed E-state index contributed by atoms with van der Waals surface area (Å²) < 4.78 is 0. The molecule has 0 unspecified atom stereocenters. The Morgan fingerprint density at radius 1 is 0.952 bits per heavy atom. The highest BCUT2D eigenvalue weighted by Gasteiger charge is 2.26. The summed E-state index contributed by atoms with van der Waals surface area (Å²) in [5.41, 5.74) is 7.38. The summed E-state index contributed by atoms with van der Waals surface area (Å²) in [4.78, 5) is 23.7. The predicted octanol–water partition coefficient (Wildman–Crippen LogP) is 2.05. The Kier molecular flexibility index (Phi) is 2.95. The number of benzene rings is 2. The van der Waals surface area contributed by atoms with Crippen LogP contribution in [0.2, 0.25) is 0 Å². The second kappa shape index (κ2) is 4.79. The quantitative estimate of drug-likeness (QED) is 0.551. The van der Waals surface area contributed by atoms with Gasteiger partial charge in [-0.3, -0.25) is 9.59 Å². The third-order valence-corrected chi connectivity index (χ3v) is 3.36. The molecule has 5 heteroatoms. The number of aliphatic hydroxyl groups is 1. The van der Waals surface area contributed by atoms with E-state index in [2.05, 4.69) is 5.32 Å². The van der Waals surface area contributed by atoms with Crippen LogP contribution in [-0.2, 0) is 4.79 Å². The third kappa shape index (κ3) is 2.04. The maximum Gasteiger partial charge on any atom is 0.284 e. The van der Waals surface area contributed by atoms with Gasteiger partial charge in [-0.25, -0.2) is 0 Å². The minimum Gasteiger partial charge on any atom is -0.503 e. The number of rotatable bonds is 1. The zero-order valence-corrected chi connectivity index (χ0v) is 11.0. The minimum absolute atomic E-state index is 0.257. The third-order valence-electron chi connectivity index (χ3n) is 3.36. The first-order valence-corrected chi connectivity index (χ1v) is 6.33. The monoisotopic (exact) mass is 280 g/mol. The summed E-state index contributed by atoms with van der Waals surface area (Å²) in [5.74, 6) is -1.80. The number of carbonyl (C=O) groups is 2. The second-order valence-electron chi connectivity index (χ2n) is 4.63. The molecule has 0 fully saturated rings. The maximum atomic E-state index is 12.3. The topological polar surface area (TPSA) is 92.4 Å². The number of hydrogen-bond acceptors (Lipinski definition) is 3. The molecule has 0 aromatic heterocycles. The first-order chi connectivity index (χ1) is 10.1. The Morgan fingerprint density at radius 3 is 2.19 bits per heavy atom.